The molecule has 1 rings (SSSR count). The summed E-state index contributed by atoms with van der Waals surface area (Å²) in [4.78, 5) is 22.7. The van der Waals surface area contributed by atoms with E-state index in [4.69, 9.17) is 5.73 Å². The Morgan fingerprint density at radius 2 is 2.18 bits per heavy atom. The van der Waals surface area contributed by atoms with E-state index in [-0.39, 0.29) is 11.4 Å². The maximum Gasteiger partial charge on any atom is 0.321 e. The number of nitrogen functional groups attached to an aromatic ring is 1. The molecule has 5 nitrogen and oxygen atoms in total. The van der Waals surface area contributed by atoms with E-state index in [1.54, 1.807) is 0 Å². The summed E-state index contributed by atoms with van der Waals surface area (Å²) in [7, 11) is 1.41. The summed E-state index contributed by atoms with van der Waals surface area (Å²) in [6.45, 7) is 0. The summed E-state index contributed by atoms with van der Waals surface area (Å²) in [5.41, 5.74) is 5.83. The number of hydrogen-bond acceptors (Lipinski definition) is 4. The smallest absolute Gasteiger partial charge is 0.321 e. The second-order valence-electron chi connectivity index (χ2n) is 3.10. The van der Waals surface area contributed by atoms with E-state index in [0.29, 0.717) is 4.90 Å². The molecule has 1 aromatic rings. The molecule has 17 heavy (non-hydrogen) atoms. The minimum absolute atomic E-state index is 0.0310. The number of rotatable bonds is 3. The fourth-order valence-corrected chi connectivity index (χ4v) is 1.77. The van der Waals surface area contributed by atoms with Crippen molar-refractivity contribution in [1.29, 1.82) is 0 Å². The second kappa shape index (κ2) is 6.09. The van der Waals surface area contributed by atoms with Crippen LogP contribution in [0.1, 0.15) is 0 Å². The van der Waals surface area contributed by atoms with E-state index < -0.39 is 17.8 Å². The van der Waals surface area contributed by atoms with Crippen LogP contribution in [-0.2, 0) is 4.79 Å². The number of carbonyl (C=O) groups excluding carboxylic acids is 2. The molecule has 0 aromatic heterocycles. The number of carbonyl (C=O) groups is 2. The minimum atomic E-state index is -0.567. The van der Waals surface area contributed by atoms with Crippen molar-refractivity contribution in [2.45, 2.75) is 4.90 Å². The second-order valence-corrected chi connectivity index (χ2v) is 4.12. The molecular formula is C10H12FN3O2S. The van der Waals surface area contributed by atoms with Crippen molar-refractivity contribution < 1.29 is 14.0 Å². The molecule has 7 heteroatoms. The fraction of sp³-hybridized carbons (Fsp3) is 0.200. The molecule has 0 radical (unpaired) electrons. The number of hydrogen-bond donors (Lipinski definition) is 3. The molecule has 4 N–H and O–H groups in total. The Labute approximate surface area is 102 Å². The molecule has 92 valence electrons. The predicted molar refractivity (Wildman–Crippen MR) is 64.1 cm³/mol. The van der Waals surface area contributed by atoms with Crippen molar-refractivity contribution in [2.75, 3.05) is 18.5 Å². The van der Waals surface area contributed by atoms with Crippen LogP contribution in [0.4, 0.5) is 14.9 Å². The first-order valence-corrected chi connectivity index (χ1v) is 5.71. The quantitative estimate of drug-likeness (QED) is 0.556. The molecule has 0 bridgehead atoms. The van der Waals surface area contributed by atoms with E-state index >= 15 is 0 Å². The number of amides is 3. The van der Waals surface area contributed by atoms with Gasteiger partial charge >= 0.3 is 6.03 Å². The van der Waals surface area contributed by atoms with Gasteiger partial charge in [-0.3, -0.25) is 10.1 Å². The van der Waals surface area contributed by atoms with Gasteiger partial charge in [-0.05, 0) is 18.2 Å². The molecule has 0 atom stereocenters. The number of urea groups is 1. The van der Waals surface area contributed by atoms with Gasteiger partial charge in [-0.15, -0.1) is 11.8 Å². The zero-order valence-corrected chi connectivity index (χ0v) is 9.94. The Hall–Kier alpha value is -1.76. The summed E-state index contributed by atoms with van der Waals surface area (Å²) in [5, 5.41) is 4.36. The zero-order valence-electron chi connectivity index (χ0n) is 9.12. The van der Waals surface area contributed by atoms with Crippen LogP contribution in [0.2, 0.25) is 0 Å². The third-order valence-electron chi connectivity index (χ3n) is 1.81. The predicted octanol–water partition coefficient (Wildman–Crippen LogP) is 0.956. The molecule has 0 unspecified atom stereocenters. The molecule has 3 amide bonds. The third kappa shape index (κ3) is 4.31. The van der Waals surface area contributed by atoms with E-state index in [1.165, 1.54) is 25.2 Å². The lowest BCUT2D eigenvalue weighted by Gasteiger charge is -2.05. The first-order valence-electron chi connectivity index (χ1n) is 4.72. The number of benzene rings is 1. The standard InChI is InChI=1S/C10H12FN3O2S/c1-13-10(16)14-9(15)5-17-8-3-2-6(11)4-7(8)12/h2-4H,5,12H2,1H3,(H2,13,14,15,16). The maximum atomic E-state index is 12.7. The molecule has 0 heterocycles. The van der Waals surface area contributed by atoms with E-state index in [0.717, 1.165) is 11.8 Å². The van der Waals surface area contributed by atoms with Crippen molar-refractivity contribution in [3.05, 3.63) is 24.0 Å². The van der Waals surface area contributed by atoms with Gasteiger partial charge in [0.05, 0.1) is 5.75 Å². The molecule has 0 fully saturated rings. The maximum absolute atomic E-state index is 12.7. The van der Waals surface area contributed by atoms with Crippen molar-refractivity contribution in [1.82, 2.24) is 10.6 Å². The number of nitrogens with one attached hydrogen (secondary N) is 2. The Morgan fingerprint density at radius 1 is 1.47 bits per heavy atom. The largest absolute Gasteiger partial charge is 0.398 e. The fourth-order valence-electron chi connectivity index (χ4n) is 1.02. The highest BCUT2D eigenvalue weighted by molar-refractivity contribution is 8.00. The van der Waals surface area contributed by atoms with Crippen molar-refractivity contribution in [3.63, 3.8) is 0 Å². The van der Waals surface area contributed by atoms with Crippen LogP contribution in [0.3, 0.4) is 0 Å². The van der Waals surface area contributed by atoms with Gasteiger partial charge in [-0.2, -0.15) is 0 Å². The van der Waals surface area contributed by atoms with E-state index in [1.807, 2.05) is 0 Å². The molecule has 0 aliphatic rings. The SMILES string of the molecule is CNC(=O)NC(=O)CSc1ccc(F)cc1N. The Bertz CT molecular complexity index is 440. The van der Waals surface area contributed by atoms with Crippen molar-refractivity contribution >= 4 is 29.4 Å². The van der Waals surface area contributed by atoms with Gasteiger partial charge in [0.25, 0.3) is 0 Å². The van der Waals surface area contributed by atoms with Crippen LogP contribution < -0.4 is 16.4 Å². The van der Waals surface area contributed by atoms with E-state index in [2.05, 4.69) is 10.6 Å². The lowest BCUT2D eigenvalue weighted by molar-refractivity contribution is -0.117. The summed E-state index contributed by atoms with van der Waals surface area (Å²) >= 11 is 1.13. The van der Waals surface area contributed by atoms with Gasteiger partial charge in [0.2, 0.25) is 5.91 Å². The number of thioether (sulfide) groups is 1. The van der Waals surface area contributed by atoms with Crippen LogP contribution >= 0.6 is 11.8 Å². The normalized spacial score (nSPS) is 9.76. The molecule has 0 aliphatic carbocycles. The van der Waals surface area contributed by atoms with Gasteiger partial charge in [-0.25, -0.2) is 9.18 Å². The van der Waals surface area contributed by atoms with Crippen LogP contribution in [-0.4, -0.2) is 24.7 Å². The van der Waals surface area contributed by atoms with Gasteiger partial charge < -0.3 is 11.1 Å². The number of halogens is 1. The Morgan fingerprint density at radius 3 is 2.76 bits per heavy atom. The highest BCUT2D eigenvalue weighted by atomic mass is 32.2. The van der Waals surface area contributed by atoms with Gasteiger partial charge in [-0.1, -0.05) is 0 Å². The van der Waals surface area contributed by atoms with Crippen LogP contribution in [0.25, 0.3) is 0 Å². The van der Waals surface area contributed by atoms with Crippen molar-refractivity contribution in [3.8, 4) is 0 Å². The summed E-state index contributed by atoms with van der Waals surface area (Å²) in [6.07, 6.45) is 0. The van der Waals surface area contributed by atoms with Crippen molar-refractivity contribution in [2.24, 2.45) is 0 Å². The van der Waals surface area contributed by atoms with Gasteiger partial charge in [0.15, 0.2) is 0 Å². The van der Waals surface area contributed by atoms with Gasteiger partial charge in [0.1, 0.15) is 5.82 Å². The topological polar surface area (TPSA) is 84.2 Å². The number of nitrogens with two attached hydrogens (primary N) is 1. The van der Waals surface area contributed by atoms with Crippen LogP contribution in [0, 0.1) is 5.82 Å². The monoisotopic (exact) mass is 257 g/mol. The first kappa shape index (κ1) is 13.3. The summed E-state index contributed by atoms with van der Waals surface area (Å²) in [5.74, 6) is -0.844. The summed E-state index contributed by atoms with van der Waals surface area (Å²) in [6, 6.07) is 3.36. The van der Waals surface area contributed by atoms with Crippen LogP contribution in [0.5, 0.6) is 0 Å². The highest BCUT2D eigenvalue weighted by Crippen LogP contribution is 2.25. The molecule has 1 aromatic carbocycles. The van der Waals surface area contributed by atoms with E-state index in [9.17, 15) is 14.0 Å². The molecular weight excluding hydrogens is 245 g/mol. The highest BCUT2D eigenvalue weighted by Gasteiger charge is 2.08. The number of anilines is 1. The first-order chi connectivity index (χ1) is 8.02. The molecule has 0 saturated heterocycles. The lowest BCUT2D eigenvalue weighted by atomic mass is 10.3. The average molecular weight is 257 g/mol. The summed E-state index contributed by atoms with van der Waals surface area (Å²) < 4.78 is 12.7. The molecule has 0 spiro atoms. The average Bonchev–Trinajstić information content (AvgIpc) is 2.27. The molecule has 0 aliphatic heterocycles. The van der Waals surface area contributed by atoms with Gasteiger partial charge in [0, 0.05) is 17.6 Å². The number of imide groups is 1. The third-order valence-corrected chi connectivity index (χ3v) is 2.90. The Balaban J connectivity index is 2.50. The van der Waals surface area contributed by atoms with Crippen LogP contribution in [0.15, 0.2) is 23.1 Å². The lowest BCUT2D eigenvalue weighted by Crippen LogP contribution is -2.38. The Kier molecular flexibility index (Phi) is 4.77. The minimum Gasteiger partial charge on any atom is -0.398 e. The molecule has 0 saturated carbocycles. The zero-order chi connectivity index (χ0) is 12.8.